The number of halogens is 3. The largest absolute Gasteiger partial charge is 0.465 e. The fourth-order valence-electron chi connectivity index (χ4n) is 1.78. The number of amides is 1. The fourth-order valence-corrected chi connectivity index (χ4v) is 1.78. The molecular formula is C14H15F3N2O6. The number of nitrogens with one attached hydrogen (secondary N) is 1. The van der Waals surface area contributed by atoms with Gasteiger partial charge in [-0.3, -0.25) is 14.9 Å². The molecule has 0 aliphatic heterocycles. The van der Waals surface area contributed by atoms with E-state index in [0.717, 1.165) is 25.3 Å². The Bertz CT molecular complexity index is 662. The average Bonchev–Trinajstić information content (AvgIpc) is 2.52. The van der Waals surface area contributed by atoms with Crippen molar-refractivity contribution in [1.82, 2.24) is 5.32 Å². The number of alkyl halides is 3. The second-order valence-electron chi connectivity index (χ2n) is 5.02. The van der Waals surface area contributed by atoms with Gasteiger partial charge in [0.25, 0.3) is 11.6 Å². The van der Waals surface area contributed by atoms with Crippen LogP contribution in [0.2, 0.25) is 0 Å². The predicted octanol–water partition coefficient (Wildman–Crippen LogP) is 2.08. The molecule has 0 saturated carbocycles. The minimum absolute atomic E-state index is 0.206. The summed E-state index contributed by atoms with van der Waals surface area (Å²) in [6, 6.07) is 2.16. The third-order valence-electron chi connectivity index (χ3n) is 2.82. The maximum absolute atomic E-state index is 12.1. The Balaban J connectivity index is 2.84. The lowest BCUT2D eigenvalue weighted by atomic mass is 10.1. The van der Waals surface area contributed by atoms with Crippen LogP contribution in [0.3, 0.4) is 0 Å². The maximum Gasteiger partial charge on any atom is 0.411 e. The van der Waals surface area contributed by atoms with E-state index in [-0.39, 0.29) is 11.1 Å². The average molecular weight is 364 g/mol. The molecule has 0 aromatic heterocycles. The number of nitro groups is 1. The van der Waals surface area contributed by atoms with Crippen molar-refractivity contribution in [3.8, 4) is 0 Å². The van der Waals surface area contributed by atoms with Gasteiger partial charge in [0.15, 0.2) is 0 Å². The molecule has 0 bridgehead atoms. The number of non-ortho nitro benzene ring substituents is 1. The number of esters is 1. The summed E-state index contributed by atoms with van der Waals surface area (Å²) in [7, 11) is 1.07. The van der Waals surface area contributed by atoms with Crippen LogP contribution in [-0.4, -0.2) is 49.3 Å². The highest BCUT2D eigenvalue weighted by molar-refractivity contribution is 5.99. The molecule has 0 aliphatic carbocycles. The number of hydrogen-bond donors (Lipinski definition) is 1. The van der Waals surface area contributed by atoms with Crippen LogP contribution in [0, 0.1) is 10.1 Å². The Morgan fingerprint density at radius 3 is 2.40 bits per heavy atom. The summed E-state index contributed by atoms with van der Waals surface area (Å²) in [5.74, 6) is -1.68. The zero-order chi connectivity index (χ0) is 19.2. The number of hydrogen-bond acceptors (Lipinski definition) is 6. The van der Waals surface area contributed by atoms with E-state index in [1.165, 1.54) is 6.92 Å². The minimum atomic E-state index is -4.49. The van der Waals surface area contributed by atoms with Crippen LogP contribution in [0.25, 0.3) is 0 Å². The molecule has 1 amide bonds. The SMILES string of the molecule is COC(=O)c1cc(C(=O)NC(C)COCC(F)(F)F)cc([N+](=O)[O-])c1. The van der Waals surface area contributed by atoms with E-state index in [1.807, 2.05) is 0 Å². The molecule has 1 N–H and O–H groups in total. The van der Waals surface area contributed by atoms with Gasteiger partial charge in [0, 0.05) is 23.7 Å². The number of rotatable bonds is 7. The van der Waals surface area contributed by atoms with Crippen molar-refractivity contribution in [2.75, 3.05) is 20.3 Å². The van der Waals surface area contributed by atoms with E-state index in [4.69, 9.17) is 0 Å². The van der Waals surface area contributed by atoms with Gasteiger partial charge in [-0.1, -0.05) is 0 Å². The second-order valence-corrected chi connectivity index (χ2v) is 5.02. The van der Waals surface area contributed by atoms with Crippen LogP contribution in [0.5, 0.6) is 0 Å². The lowest BCUT2D eigenvalue weighted by Crippen LogP contribution is -2.37. The summed E-state index contributed by atoms with van der Waals surface area (Å²) in [5.41, 5.74) is -0.922. The fraction of sp³-hybridized carbons (Fsp3) is 0.429. The molecule has 11 heteroatoms. The summed E-state index contributed by atoms with van der Waals surface area (Å²) in [4.78, 5) is 33.7. The highest BCUT2D eigenvalue weighted by Gasteiger charge is 2.28. The number of nitrogens with zero attached hydrogens (tertiary/aromatic N) is 1. The van der Waals surface area contributed by atoms with Crippen LogP contribution < -0.4 is 5.32 Å². The van der Waals surface area contributed by atoms with Gasteiger partial charge in [0.2, 0.25) is 0 Å². The molecule has 0 saturated heterocycles. The number of carbonyl (C=O) groups is 2. The first kappa shape index (κ1) is 20.4. The van der Waals surface area contributed by atoms with Gasteiger partial charge in [-0.25, -0.2) is 4.79 Å². The quantitative estimate of drug-likeness (QED) is 0.451. The summed E-state index contributed by atoms with van der Waals surface area (Å²) in [6.45, 7) is -0.479. The van der Waals surface area contributed by atoms with Gasteiger partial charge >= 0.3 is 12.1 Å². The highest BCUT2D eigenvalue weighted by atomic mass is 19.4. The molecule has 138 valence electrons. The lowest BCUT2D eigenvalue weighted by molar-refractivity contribution is -0.384. The molecule has 0 heterocycles. The monoisotopic (exact) mass is 364 g/mol. The minimum Gasteiger partial charge on any atom is -0.465 e. The van der Waals surface area contributed by atoms with Crippen molar-refractivity contribution in [3.63, 3.8) is 0 Å². The van der Waals surface area contributed by atoms with Crippen LogP contribution in [0.1, 0.15) is 27.6 Å². The first-order valence-electron chi connectivity index (χ1n) is 6.86. The van der Waals surface area contributed by atoms with Crippen LogP contribution >= 0.6 is 0 Å². The predicted molar refractivity (Wildman–Crippen MR) is 78.2 cm³/mol. The molecule has 1 aromatic carbocycles. The number of carbonyl (C=O) groups excluding carboxylic acids is 2. The number of benzene rings is 1. The van der Waals surface area contributed by atoms with Crippen LogP contribution in [-0.2, 0) is 9.47 Å². The van der Waals surface area contributed by atoms with E-state index in [0.29, 0.717) is 0 Å². The van der Waals surface area contributed by atoms with Gasteiger partial charge in [0.1, 0.15) is 6.61 Å². The third-order valence-corrected chi connectivity index (χ3v) is 2.82. The van der Waals surface area contributed by atoms with E-state index in [1.54, 1.807) is 0 Å². The smallest absolute Gasteiger partial charge is 0.411 e. The van der Waals surface area contributed by atoms with Crippen molar-refractivity contribution in [3.05, 3.63) is 39.4 Å². The molecule has 8 nitrogen and oxygen atoms in total. The molecule has 25 heavy (non-hydrogen) atoms. The van der Waals surface area contributed by atoms with Gasteiger partial charge in [0.05, 0.1) is 24.2 Å². The standard InChI is InChI=1S/C14H15F3N2O6/c1-8(6-25-7-14(15,16)17)18-12(20)9-3-10(13(21)24-2)5-11(4-9)19(22)23/h3-5,8H,6-7H2,1-2H3,(H,18,20). The third kappa shape index (κ3) is 6.75. The summed E-state index contributed by atoms with van der Waals surface area (Å²) in [5, 5.41) is 13.2. The molecule has 1 rings (SSSR count). The zero-order valence-corrected chi connectivity index (χ0v) is 13.3. The lowest BCUT2D eigenvalue weighted by Gasteiger charge is -2.15. The highest BCUT2D eigenvalue weighted by Crippen LogP contribution is 2.18. The van der Waals surface area contributed by atoms with Gasteiger partial charge < -0.3 is 14.8 Å². The first-order chi connectivity index (χ1) is 11.5. The summed E-state index contributed by atoms with van der Waals surface area (Å²) >= 11 is 0. The number of methoxy groups -OCH3 is 1. The molecule has 1 unspecified atom stereocenters. The van der Waals surface area contributed by atoms with Gasteiger partial charge in [-0.05, 0) is 13.0 Å². The van der Waals surface area contributed by atoms with E-state index in [9.17, 15) is 32.9 Å². The van der Waals surface area contributed by atoms with Crippen molar-refractivity contribution in [1.29, 1.82) is 0 Å². The Hall–Kier alpha value is -2.69. The van der Waals surface area contributed by atoms with Crippen molar-refractivity contribution >= 4 is 17.6 Å². The molecule has 0 fully saturated rings. The van der Waals surface area contributed by atoms with Crippen LogP contribution in [0.4, 0.5) is 18.9 Å². The normalized spacial score (nSPS) is 12.4. The zero-order valence-electron chi connectivity index (χ0n) is 13.3. The van der Waals surface area contributed by atoms with Crippen LogP contribution in [0.15, 0.2) is 18.2 Å². The Labute approximate surface area is 140 Å². The van der Waals surface area contributed by atoms with E-state index in [2.05, 4.69) is 14.8 Å². The number of ether oxygens (including phenoxy) is 2. The molecule has 1 atom stereocenters. The van der Waals surface area contributed by atoms with Gasteiger partial charge in [-0.15, -0.1) is 0 Å². The van der Waals surface area contributed by atoms with E-state index >= 15 is 0 Å². The van der Waals surface area contributed by atoms with Gasteiger partial charge in [-0.2, -0.15) is 13.2 Å². The Morgan fingerprint density at radius 2 is 1.88 bits per heavy atom. The molecule has 1 aromatic rings. The van der Waals surface area contributed by atoms with E-state index < -0.39 is 47.9 Å². The summed E-state index contributed by atoms with van der Waals surface area (Å²) < 4.78 is 44.8. The van der Waals surface area contributed by atoms with Crippen molar-refractivity contribution < 1.29 is 37.2 Å². The molecule has 0 spiro atoms. The topological polar surface area (TPSA) is 108 Å². The second kappa shape index (κ2) is 8.42. The number of nitro benzene ring substituents is 1. The summed E-state index contributed by atoms with van der Waals surface area (Å²) in [6.07, 6.45) is -4.49. The molecule has 0 aliphatic rings. The Morgan fingerprint density at radius 1 is 1.28 bits per heavy atom. The van der Waals surface area contributed by atoms with Crippen molar-refractivity contribution in [2.24, 2.45) is 0 Å². The molecular weight excluding hydrogens is 349 g/mol. The Kier molecular flexibility index (Phi) is 6.86. The molecule has 0 radical (unpaired) electrons. The van der Waals surface area contributed by atoms with Crippen molar-refractivity contribution in [2.45, 2.75) is 19.1 Å². The maximum atomic E-state index is 12.1. The first-order valence-corrected chi connectivity index (χ1v) is 6.86.